The van der Waals surface area contributed by atoms with Gasteiger partial charge in [-0.2, -0.15) is 0 Å². The number of rotatable bonds is 5. The van der Waals surface area contributed by atoms with Gasteiger partial charge in [-0.05, 0) is 38.4 Å². The van der Waals surface area contributed by atoms with Crippen molar-refractivity contribution >= 4 is 11.5 Å². The van der Waals surface area contributed by atoms with Crippen molar-refractivity contribution in [3.05, 3.63) is 29.6 Å². The molecule has 2 aromatic heterocycles. The van der Waals surface area contributed by atoms with Gasteiger partial charge in [-0.1, -0.05) is 12.5 Å². The maximum absolute atomic E-state index is 5.53. The number of nitrogens with zero attached hydrogens (tertiary/aromatic N) is 3. The maximum atomic E-state index is 5.53. The van der Waals surface area contributed by atoms with Crippen molar-refractivity contribution < 1.29 is 0 Å². The van der Waals surface area contributed by atoms with E-state index in [9.17, 15) is 0 Å². The van der Waals surface area contributed by atoms with Crippen LogP contribution >= 0.6 is 0 Å². The molecule has 3 rings (SSSR count). The second-order valence-electron chi connectivity index (χ2n) is 4.99. The van der Waals surface area contributed by atoms with Crippen molar-refractivity contribution in [1.82, 2.24) is 9.38 Å². The number of nitrogens with two attached hydrogens (primary N) is 1. The molecule has 0 radical (unpaired) electrons. The van der Waals surface area contributed by atoms with Gasteiger partial charge in [0.2, 0.25) is 0 Å². The normalized spacial score (nSPS) is 13.8. The Hall–Kier alpha value is -1.55. The summed E-state index contributed by atoms with van der Waals surface area (Å²) in [7, 11) is 0. The van der Waals surface area contributed by atoms with E-state index >= 15 is 0 Å². The van der Waals surface area contributed by atoms with Crippen molar-refractivity contribution in [3.63, 3.8) is 0 Å². The second-order valence-corrected chi connectivity index (χ2v) is 4.99. The van der Waals surface area contributed by atoms with E-state index in [2.05, 4.69) is 39.4 Å². The third kappa shape index (κ3) is 1.77. The number of aromatic nitrogens is 2. The molecule has 0 bridgehead atoms. The molecular formula is C14H20N4. The average molecular weight is 244 g/mol. The van der Waals surface area contributed by atoms with Gasteiger partial charge in [-0.3, -0.25) is 4.40 Å². The molecule has 0 aliphatic carbocycles. The number of anilines is 1. The Kier molecular flexibility index (Phi) is 2.96. The van der Waals surface area contributed by atoms with E-state index in [0.29, 0.717) is 0 Å². The van der Waals surface area contributed by atoms with Crippen LogP contribution in [0.1, 0.15) is 30.7 Å². The number of unbranched alkanes of at least 4 members (excludes halogenated alkanes) is 2. The van der Waals surface area contributed by atoms with Crippen LogP contribution in [0, 0.1) is 6.92 Å². The van der Waals surface area contributed by atoms with E-state index < -0.39 is 0 Å². The Bertz CT molecular complexity index is 558. The predicted octanol–water partition coefficient (Wildman–Crippen LogP) is 2.09. The van der Waals surface area contributed by atoms with Crippen LogP contribution in [0.3, 0.4) is 0 Å². The van der Waals surface area contributed by atoms with Crippen LogP contribution in [0.4, 0.5) is 5.82 Å². The van der Waals surface area contributed by atoms with Crippen molar-refractivity contribution in [2.75, 3.05) is 18.0 Å². The molecule has 0 unspecified atom stereocenters. The summed E-state index contributed by atoms with van der Waals surface area (Å²) in [5, 5.41) is 0. The van der Waals surface area contributed by atoms with Gasteiger partial charge in [-0.15, -0.1) is 0 Å². The van der Waals surface area contributed by atoms with Crippen molar-refractivity contribution in [2.45, 2.75) is 32.7 Å². The zero-order valence-corrected chi connectivity index (χ0v) is 10.9. The summed E-state index contributed by atoms with van der Waals surface area (Å²) in [5.41, 5.74) is 9.11. The predicted molar refractivity (Wildman–Crippen MR) is 73.9 cm³/mol. The standard InChI is InChI=1S/C14H20N4/c1-11-12-10-17(9-4-2-3-8-15)14-7-5-6-13(16-11)18(12)14/h5-7H,2-4,8-10,15H2,1H3. The van der Waals surface area contributed by atoms with Gasteiger partial charge in [0.15, 0.2) is 0 Å². The highest BCUT2D eigenvalue weighted by molar-refractivity contribution is 5.58. The van der Waals surface area contributed by atoms with Gasteiger partial charge in [0.1, 0.15) is 11.5 Å². The monoisotopic (exact) mass is 244 g/mol. The number of hydrogen-bond donors (Lipinski definition) is 1. The first-order valence-corrected chi connectivity index (χ1v) is 6.73. The minimum atomic E-state index is 0.804. The largest absolute Gasteiger partial charge is 0.352 e. The number of hydrogen-bond acceptors (Lipinski definition) is 3. The smallest absolute Gasteiger partial charge is 0.138 e. The zero-order valence-electron chi connectivity index (χ0n) is 10.9. The molecule has 0 atom stereocenters. The lowest BCUT2D eigenvalue weighted by atomic mass is 10.2. The summed E-state index contributed by atoms with van der Waals surface area (Å²) >= 11 is 0. The van der Waals surface area contributed by atoms with Crippen LogP contribution in [0.15, 0.2) is 18.2 Å². The van der Waals surface area contributed by atoms with Gasteiger partial charge in [0.05, 0.1) is 17.9 Å². The van der Waals surface area contributed by atoms with E-state index in [0.717, 1.165) is 37.4 Å². The van der Waals surface area contributed by atoms with Gasteiger partial charge >= 0.3 is 0 Å². The summed E-state index contributed by atoms with van der Waals surface area (Å²) in [6, 6.07) is 6.37. The SMILES string of the molecule is Cc1nc2cccc3n2c1CN3CCCCCN. The molecule has 0 saturated heterocycles. The van der Waals surface area contributed by atoms with Gasteiger partial charge < -0.3 is 10.6 Å². The molecular weight excluding hydrogens is 224 g/mol. The van der Waals surface area contributed by atoms with Crippen molar-refractivity contribution in [1.29, 1.82) is 0 Å². The Balaban J connectivity index is 1.80. The summed E-state index contributed by atoms with van der Waals surface area (Å²) in [5.74, 6) is 1.29. The van der Waals surface area contributed by atoms with E-state index in [4.69, 9.17) is 5.73 Å². The topological polar surface area (TPSA) is 46.6 Å². The fraction of sp³-hybridized carbons (Fsp3) is 0.500. The molecule has 0 aromatic carbocycles. The fourth-order valence-electron chi connectivity index (χ4n) is 2.76. The molecule has 1 aliphatic rings. The number of pyridine rings is 1. The van der Waals surface area contributed by atoms with E-state index in [1.54, 1.807) is 0 Å². The molecule has 2 N–H and O–H groups in total. The van der Waals surface area contributed by atoms with Gasteiger partial charge in [0, 0.05) is 6.54 Å². The van der Waals surface area contributed by atoms with Crippen LogP contribution in [0.25, 0.3) is 5.65 Å². The second kappa shape index (κ2) is 4.61. The molecule has 3 heterocycles. The molecule has 4 heteroatoms. The Morgan fingerprint density at radius 1 is 1.28 bits per heavy atom. The Morgan fingerprint density at radius 2 is 2.17 bits per heavy atom. The van der Waals surface area contributed by atoms with Crippen LogP contribution < -0.4 is 10.6 Å². The molecule has 0 amide bonds. The highest BCUT2D eigenvalue weighted by Crippen LogP contribution is 2.29. The van der Waals surface area contributed by atoms with Crippen LogP contribution in [-0.4, -0.2) is 22.5 Å². The lowest BCUT2D eigenvalue weighted by molar-refractivity contribution is 0.661. The fourth-order valence-corrected chi connectivity index (χ4v) is 2.76. The highest BCUT2D eigenvalue weighted by Gasteiger charge is 2.23. The first kappa shape index (κ1) is 11.5. The van der Waals surface area contributed by atoms with Crippen molar-refractivity contribution in [3.8, 4) is 0 Å². The summed E-state index contributed by atoms with van der Waals surface area (Å²) in [4.78, 5) is 7.04. The first-order valence-electron chi connectivity index (χ1n) is 6.73. The van der Waals surface area contributed by atoms with E-state index in [1.165, 1.54) is 24.4 Å². The number of imidazole rings is 1. The Labute approximate surface area is 107 Å². The lowest BCUT2D eigenvalue weighted by Gasteiger charge is -2.18. The third-order valence-corrected chi connectivity index (χ3v) is 3.72. The Morgan fingerprint density at radius 3 is 3.00 bits per heavy atom. The molecule has 2 aromatic rings. The summed E-state index contributed by atoms with van der Waals surface area (Å²) in [6.07, 6.45) is 3.56. The third-order valence-electron chi connectivity index (χ3n) is 3.72. The van der Waals surface area contributed by atoms with Gasteiger partial charge in [-0.25, -0.2) is 4.98 Å². The highest BCUT2D eigenvalue weighted by atomic mass is 15.3. The van der Waals surface area contributed by atoms with Crippen LogP contribution in [-0.2, 0) is 6.54 Å². The molecule has 0 fully saturated rings. The molecule has 1 aliphatic heterocycles. The molecule has 18 heavy (non-hydrogen) atoms. The summed E-state index contributed by atoms with van der Waals surface area (Å²) < 4.78 is 2.29. The summed E-state index contributed by atoms with van der Waals surface area (Å²) in [6.45, 7) is 5.01. The van der Waals surface area contributed by atoms with Crippen LogP contribution in [0.2, 0.25) is 0 Å². The minimum Gasteiger partial charge on any atom is -0.352 e. The van der Waals surface area contributed by atoms with E-state index in [-0.39, 0.29) is 0 Å². The quantitative estimate of drug-likeness (QED) is 0.819. The van der Waals surface area contributed by atoms with Crippen molar-refractivity contribution in [2.24, 2.45) is 5.73 Å². The lowest BCUT2D eigenvalue weighted by Crippen LogP contribution is -2.20. The molecule has 0 spiro atoms. The molecule has 4 nitrogen and oxygen atoms in total. The molecule has 0 saturated carbocycles. The van der Waals surface area contributed by atoms with Gasteiger partial charge in [0.25, 0.3) is 0 Å². The minimum absolute atomic E-state index is 0.804. The average Bonchev–Trinajstić information content (AvgIpc) is 2.89. The van der Waals surface area contributed by atoms with E-state index in [1.807, 2.05) is 0 Å². The van der Waals surface area contributed by atoms with Crippen LogP contribution in [0.5, 0.6) is 0 Å². The first-order chi connectivity index (χ1) is 8.81. The number of aryl methyl sites for hydroxylation is 1. The molecule has 96 valence electrons. The maximum Gasteiger partial charge on any atom is 0.138 e. The zero-order chi connectivity index (χ0) is 12.5.